The molecule has 1 fully saturated rings. The molecule has 1 amide bonds. The van der Waals surface area contributed by atoms with E-state index in [1.54, 1.807) is 13.8 Å². The summed E-state index contributed by atoms with van der Waals surface area (Å²) in [5.41, 5.74) is 0.726. The van der Waals surface area contributed by atoms with Gasteiger partial charge in [-0.1, -0.05) is 27.7 Å². The Morgan fingerprint density at radius 1 is 1.30 bits per heavy atom. The number of anilines is 1. The van der Waals surface area contributed by atoms with Gasteiger partial charge in [-0.2, -0.15) is 5.26 Å². The van der Waals surface area contributed by atoms with Crippen molar-refractivity contribution in [2.24, 2.45) is 16.7 Å². The molecular formula is C17H22N2O3S. The standard InChI is InChI=1S/C17H22N2O3S/c1-7-22-15(21)11-9(2)10(8-18)14(23-11)19-13(20)12-16(3,4)17(12,5)6/h12H,7H2,1-6H3,(H,19,20). The van der Waals surface area contributed by atoms with Crippen molar-refractivity contribution in [1.82, 2.24) is 0 Å². The number of nitrogens with one attached hydrogen (secondary N) is 1. The van der Waals surface area contributed by atoms with E-state index in [9.17, 15) is 14.9 Å². The Morgan fingerprint density at radius 3 is 2.30 bits per heavy atom. The minimum Gasteiger partial charge on any atom is -0.462 e. The van der Waals surface area contributed by atoms with E-state index in [1.807, 2.05) is 0 Å². The van der Waals surface area contributed by atoms with Crippen LogP contribution in [-0.4, -0.2) is 18.5 Å². The van der Waals surface area contributed by atoms with Crippen LogP contribution in [0, 0.1) is 35.0 Å². The SMILES string of the molecule is CCOC(=O)c1sc(NC(=O)C2C(C)(C)C2(C)C)c(C#N)c1C. The summed E-state index contributed by atoms with van der Waals surface area (Å²) in [6, 6.07) is 2.08. The maximum Gasteiger partial charge on any atom is 0.348 e. The van der Waals surface area contributed by atoms with Crippen molar-refractivity contribution < 1.29 is 14.3 Å². The first-order chi connectivity index (χ1) is 10.6. The summed E-state index contributed by atoms with van der Waals surface area (Å²) in [6.45, 7) is 11.9. The summed E-state index contributed by atoms with van der Waals surface area (Å²) in [5, 5.41) is 12.6. The number of nitriles is 1. The third kappa shape index (κ3) is 2.63. The number of rotatable bonds is 4. The van der Waals surface area contributed by atoms with Crippen LogP contribution >= 0.6 is 11.3 Å². The first-order valence-electron chi connectivity index (χ1n) is 7.61. The molecule has 0 radical (unpaired) electrons. The van der Waals surface area contributed by atoms with Crippen LogP contribution in [-0.2, 0) is 9.53 Å². The average Bonchev–Trinajstić information content (AvgIpc) is 2.71. The van der Waals surface area contributed by atoms with E-state index >= 15 is 0 Å². The van der Waals surface area contributed by atoms with Crippen molar-refractivity contribution in [1.29, 1.82) is 5.26 Å². The molecule has 1 saturated carbocycles. The minimum absolute atomic E-state index is 0.0832. The van der Waals surface area contributed by atoms with E-state index in [2.05, 4.69) is 39.1 Å². The van der Waals surface area contributed by atoms with Gasteiger partial charge in [-0.3, -0.25) is 4.79 Å². The molecule has 1 aromatic rings. The number of carbonyl (C=O) groups is 2. The molecule has 0 unspecified atom stereocenters. The number of carbonyl (C=O) groups excluding carboxylic acids is 2. The lowest BCUT2D eigenvalue weighted by atomic mass is 10.0. The van der Waals surface area contributed by atoms with Crippen LogP contribution < -0.4 is 5.32 Å². The van der Waals surface area contributed by atoms with Crippen LogP contribution in [0.3, 0.4) is 0 Å². The van der Waals surface area contributed by atoms with Crippen molar-refractivity contribution in [3.05, 3.63) is 16.0 Å². The van der Waals surface area contributed by atoms with Gasteiger partial charge in [0.05, 0.1) is 12.2 Å². The highest BCUT2D eigenvalue weighted by Gasteiger charge is 2.68. The number of amides is 1. The largest absolute Gasteiger partial charge is 0.462 e. The lowest BCUT2D eigenvalue weighted by Crippen LogP contribution is -2.17. The molecule has 124 valence electrons. The van der Waals surface area contributed by atoms with Gasteiger partial charge in [-0.15, -0.1) is 11.3 Å². The van der Waals surface area contributed by atoms with Crippen LogP contribution in [0.4, 0.5) is 5.00 Å². The fourth-order valence-corrected chi connectivity index (χ4v) is 4.22. The second-order valence-electron chi connectivity index (χ2n) is 6.96. The Morgan fingerprint density at radius 2 is 1.87 bits per heavy atom. The van der Waals surface area contributed by atoms with Gasteiger partial charge in [0.2, 0.25) is 5.91 Å². The van der Waals surface area contributed by atoms with E-state index in [1.165, 1.54) is 0 Å². The molecule has 1 aromatic heterocycles. The van der Waals surface area contributed by atoms with Crippen LogP contribution in [0.25, 0.3) is 0 Å². The van der Waals surface area contributed by atoms with E-state index < -0.39 is 5.97 Å². The normalized spacial score (nSPS) is 18.1. The molecule has 0 spiro atoms. The molecular weight excluding hydrogens is 312 g/mol. The van der Waals surface area contributed by atoms with Crippen LogP contribution in [0.15, 0.2) is 0 Å². The third-order valence-electron chi connectivity index (χ3n) is 5.24. The van der Waals surface area contributed by atoms with Gasteiger partial charge >= 0.3 is 5.97 Å². The quantitative estimate of drug-likeness (QED) is 0.851. The second kappa shape index (κ2) is 5.64. The first-order valence-corrected chi connectivity index (χ1v) is 8.42. The fourth-order valence-electron chi connectivity index (χ4n) is 3.16. The van der Waals surface area contributed by atoms with Crippen molar-refractivity contribution in [3.8, 4) is 6.07 Å². The molecule has 0 aromatic carbocycles. The van der Waals surface area contributed by atoms with Crippen molar-refractivity contribution in [2.45, 2.75) is 41.5 Å². The van der Waals surface area contributed by atoms with E-state index in [-0.39, 0.29) is 29.3 Å². The zero-order valence-corrected chi connectivity index (χ0v) is 15.2. The number of hydrogen-bond donors (Lipinski definition) is 1. The van der Waals surface area contributed by atoms with Crippen LogP contribution in [0.1, 0.15) is 55.4 Å². The molecule has 0 aliphatic heterocycles. The summed E-state index contributed by atoms with van der Waals surface area (Å²) in [5.74, 6) is -0.678. The molecule has 0 bridgehead atoms. The molecule has 0 saturated heterocycles. The molecule has 6 heteroatoms. The number of nitrogens with zero attached hydrogens (tertiary/aromatic N) is 1. The summed E-state index contributed by atoms with van der Waals surface area (Å²) < 4.78 is 5.00. The summed E-state index contributed by atoms with van der Waals surface area (Å²) in [4.78, 5) is 24.9. The van der Waals surface area contributed by atoms with Gasteiger partial charge in [0, 0.05) is 5.92 Å². The first kappa shape index (κ1) is 17.5. The van der Waals surface area contributed by atoms with Crippen LogP contribution in [0.5, 0.6) is 0 Å². The number of thiophene rings is 1. The van der Waals surface area contributed by atoms with E-state index in [0.29, 0.717) is 21.0 Å². The molecule has 2 rings (SSSR count). The average molecular weight is 334 g/mol. The molecule has 1 heterocycles. The zero-order chi connectivity index (χ0) is 17.6. The molecule has 1 N–H and O–H groups in total. The summed E-state index contributed by atoms with van der Waals surface area (Å²) >= 11 is 1.10. The summed E-state index contributed by atoms with van der Waals surface area (Å²) in [6.07, 6.45) is 0. The summed E-state index contributed by atoms with van der Waals surface area (Å²) in [7, 11) is 0. The third-order valence-corrected chi connectivity index (χ3v) is 6.43. The van der Waals surface area contributed by atoms with Gasteiger partial charge in [-0.05, 0) is 30.2 Å². The molecule has 1 aliphatic carbocycles. The van der Waals surface area contributed by atoms with Gasteiger partial charge in [0.1, 0.15) is 15.9 Å². The van der Waals surface area contributed by atoms with Gasteiger partial charge in [-0.25, -0.2) is 4.79 Å². The molecule has 0 atom stereocenters. The minimum atomic E-state index is -0.459. The fraction of sp³-hybridized carbons (Fsp3) is 0.588. The molecule has 23 heavy (non-hydrogen) atoms. The maximum atomic E-state index is 12.6. The number of ether oxygens (including phenoxy) is 1. The Labute approximate surface area is 140 Å². The monoisotopic (exact) mass is 334 g/mol. The lowest BCUT2D eigenvalue weighted by Gasteiger charge is -2.04. The van der Waals surface area contributed by atoms with Crippen molar-refractivity contribution >= 4 is 28.2 Å². The van der Waals surface area contributed by atoms with Gasteiger partial charge < -0.3 is 10.1 Å². The van der Waals surface area contributed by atoms with Gasteiger partial charge in [0.15, 0.2) is 0 Å². The van der Waals surface area contributed by atoms with Crippen molar-refractivity contribution in [2.75, 3.05) is 11.9 Å². The highest BCUT2D eigenvalue weighted by molar-refractivity contribution is 7.18. The predicted molar refractivity (Wildman–Crippen MR) is 89.4 cm³/mol. The van der Waals surface area contributed by atoms with Gasteiger partial charge in [0.25, 0.3) is 0 Å². The van der Waals surface area contributed by atoms with Crippen LogP contribution in [0.2, 0.25) is 0 Å². The smallest absolute Gasteiger partial charge is 0.348 e. The van der Waals surface area contributed by atoms with E-state index in [4.69, 9.17) is 4.74 Å². The predicted octanol–water partition coefficient (Wildman–Crippen LogP) is 3.73. The second-order valence-corrected chi connectivity index (χ2v) is 7.98. The highest BCUT2D eigenvalue weighted by Crippen LogP contribution is 2.68. The highest BCUT2D eigenvalue weighted by atomic mass is 32.1. The Hall–Kier alpha value is -1.87. The Kier molecular flexibility index (Phi) is 4.29. The molecule has 1 aliphatic rings. The number of esters is 1. The topological polar surface area (TPSA) is 79.2 Å². The Bertz CT molecular complexity index is 696. The van der Waals surface area contributed by atoms with Crippen molar-refractivity contribution in [3.63, 3.8) is 0 Å². The lowest BCUT2D eigenvalue weighted by molar-refractivity contribution is -0.118. The maximum absolute atomic E-state index is 12.6. The Balaban J connectivity index is 2.28. The zero-order valence-electron chi connectivity index (χ0n) is 14.4. The van der Waals surface area contributed by atoms with E-state index in [0.717, 1.165) is 11.3 Å². The molecule has 5 nitrogen and oxygen atoms in total. The number of hydrogen-bond acceptors (Lipinski definition) is 5.